The highest BCUT2D eigenvalue weighted by atomic mass is 16.4. The third-order valence-corrected chi connectivity index (χ3v) is 2.39. The van der Waals surface area contributed by atoms with E-state index in [-0.39, 0.29) is 18.7 Å². The molecular formula is C11H18N4O3. The van der Waals surface area contributed by atoms with E-state index in [1.165, 1.54) is 6.33 Å². The van der Waals surface area contributed by atoms with Gasteiger partial charge in [0.2, 0.25) is 5.91 Å². The fourth-order valence-electron chi connectivity index (χ4n) is 1.46. The third-order valence-electron chi connectivity index (χ3n) is 2.39. The number of carboxylic acids is 1. The number of amides is 1. The van der Waals surface area contributed by atoms with Crippen molar-refractivity contribution in [3.8, 4) is 0 Å². The van der Waals surface area contributed by atoms with Crippen molar-refractivity contribution in [2.45, 2.75) is 25.8 Å². The van der Waals surface area contributed by atoms with Crippen molar-refractivity contribution in [1.82, 2.24) is 20.6 Å². The Bertz CT molecular complexity index is 378. The molecule has 1 aromatic rings. The van der Waals surface area contributed by atoms with Gasteiger partial charge < -0.3 is 20.7 Å². The fourth-order valence-corrected chi connectivity index (χ4v) is 1.46. The average Bonchev–Trinajstić information content (AvgIpc) is 2.81. The van der Waals surface area contributed by atoms with Gasteiger partial charge in [0, 0.05) is 31.3 Å². The molecule has 100 valence electrons. The molecule has 0 aliphatic carbocycles. The molecule has 7 heteroatoms. The number of aromatic amines is 1. The number of rotatable bonds is 8. The highest BCUT2D eigenvalue weighted by Gasteiger charge is 2.20. The summed E-state index contributed by atoms with van der Waals surface area (Å²) < 4.78 is 0. The van der Waals surface area contributed by atoms with E-state index in [0.717, 1.165) is 6.54 Å². The number of hydrogen-bond acceptors (Lipinski definition) is 4. The summed E-state index contributed by atoms with van der Waals surface area (Å²) >= 11 is 0. The van der Waals surface area contributed by atoms with Crippen LogP contribution in [0.1, 0.15) is 19.0 Å². The molecular weight excluding hydrogens is 236 g/mol. The van der Waals surface area contributed by atoms with E-state index in [1.54, 1.807) is 6.20 Å². The monoisotopic (exact) mass is 254 g/mol. The molecule has 0 radical (unpaired) electrons. The smallest absolute Gasteiger partial charge is 0.326 e. The van der Waals surface area contributed by atoms with Crippen LogP contribution in [0.3, 0.4) is 0 Å². The van der Waals surface area contributed by atoms with Gasteiger partial charge in [-0.1, -0.05) is 6.92 Å². The summed E-state index contributed by atoms with van der Waals surface area (Å²) in [5, 5.41) is 14.5. The van der Waals surface area contributed by atoms with Gasteiger partial charge in [0.1, 0.15) is 6.04 Å². The lowest BCUT2D eigenvalue weighted by Gasteiger charge is -2.13. The molecule has 1 rings (SSSR count). The van der Waals surface area contributed by atoms with E-state index < -0.39 is 12.0 Å². The summed E-state index contributed by atoms with van der Waals surface area (Å²) in [5.74, 6) is -1.33. The summed E-state index contributed by atoms with van der Waals surface area (Å²) in [4.78, 5) is 29.2. The summed E-state index contributed by atoms with van der Waals surface area (Å²) in [7, 11) is 0. The largest absolute Gasteiger partial charge is 0.480 e. The quantitative estimate of drug-likeness (QED) is 0.469. The Hall–Kier alpha value is -1.89. The summed E-state index contributed by atoms with van der Waals surface area (Å²) in [6.07, 6.45) is 3.48. The molecule has 1 atom stereocenters. The van der Waals surface area contributed by atoms with Crippen molar-refractivity contribution < 1.29 is 14.7 Å². The Kier molecular flexibility index (Phi) is 5.86. The lowest BCUT2D eigenvalue weighted by atomic mass is 10.1. The summed E-state index contributed by atoms with van der Waals surface area (Å²) in [5.41, 5.74) is 0.675. The molecule has 0 fully saturated rings. The number of aliphatic carboxylic acids is 1. The SMILES string of the molecule is CCNCCC(=O)N[C@H](Cc1cnc[nH]1)C(=O)O. The second kappa shape index (κ2) is 7.44. The topological polar surface area (TPSA) is 107 Å². The van der Waals surface area contributed by atoms with E-state index in [9.17, 15) is 9.59 Å². The maximum absolute atomic E-state index is 11.5. The number of carbonyl (C=O) groups excluding carboxylic acids is 1. The zero-order valence-corrected chi connectivity index (χ0v) is 10.3. The highest BCUT2D eigenvalue weighted by molar-refractivity contribution is 5.83. The molecule has 0 unspecified atom stereocenters. The first-order valence-corrected chi connectivity index (χ1v) is 5.83. The molecule has 0 spiro atoms. The van der Waals surface area contributed by atoms with Crippen molar-refractivity contribution in [2.24, 2.45) is 0 Å². The van der Waals surface area contributed by atoms with Crippen molar-refractivity contribution in [1.29, 1.82) is 0 Å². The maximum Gasteiger partial charge on any atom is 0.326 e. The molecule has 7 nitrogen and oxygen atoms in total. The maximum atomic E-state index is 11.5. The zero-order valence-electron chi connectivity index (χ0n) is 10.3. The lowest BCUT2D eigenvalue weighted by Crippen LogP contribution is -2.43. The van der Waals surface area contributed by atoms with Crippen LogP contribution in [0.25, 0.3) is 0 Å². The molecule has 1 amide bonds. The lowest BCUT2D eigenvalue weighted by molar-refractivity contribution is -0.141. The Morgan fingerprint density at radius 2 is 2.33 bits per heavy atom. The van der Waals surface area contributed by atoms with Crippen LogP contribution in [0.5, 0.6) is 0 Å². The standard InChI is InChI=1S/C11H18N4O3/c1-2-12-4-3-10(16)15-9(11(17)18)5-8-6-13-7-14-8/h6-7,9,12H,2-5H2,1H3,(H,13,14)(H,15,16)(H,17,18)/t9-/m1/s1. The van der Waals surface area contributed by atoms with Gasteiger partial charge in [-0.2, -0.15) is 0 Å². The third kappa shape index (κ3) is 4.96. The van der Waals surface area contributed by atoms with Crippen molar-refractivity contribution in [3.63, 3.8) is 0 Å². The molecule has 1 aromatic heterocycles. The van der Waals surface area contributed by atoms with Crippen LogP contribution in [0, 0.1) is 0 Å². The van der Waals surface area contributed by atoms with E-state index in [1.807, 2.05) is 6.92 Å². The minimum Gasteiger partial charge on any atom is -0.480 e. The number of aromatic nitrogens is 2. The number of nitrogens with one attached hydrogen (secondary N) is 3. The van der Waals surface area contributed by atoms with Crippen LogP contribution in [0.4, 0.5) is 0 Å². The fraction of sp³-hybridized carbons (Fsp3) is 0.545. The number of imidazole rings is 1. The Balaban J connectivity index is 2.42. The van der Waals surface area contributed by atoms with Crippen molar-refractivity contribution in [3.05, 3.63) is 18.2 Å². The average molecular weight is 254 g/mol. The Morgan fingerprint density at radius 3 is 2.89 bits per heavy atom. The number of carbonyl (C=O) groups is 2. The number of carboxylic acid groups (broad SMARTS) is 1. The predicted octanol–water partition coefficient (Wildman–Crippen LogP) is -0.479. The molecule has 0 aliphatic heterocycles. The minimum atomic E-state index is -1.05. The Labute approximate surface area is 105 Å². The minimum absolute atomic E-state index is 0.197. The molecule has 1 heterocycles. The first-order valence-electron chi connectivity index (χ1n) is 5.83. The summed E-state index contributed by atoms with van der Waals surface area (Å²) in [6.45, 7) is 3.26. The summed E-state index contributed by atoms with van der Waals surface area (Å²) in [6, 6.07) is -0.931. The highest BCUT2D eigenvalue weighted by Crippen LogP contribution is 1.99. The van der Waals surface area contributed by atoms with Crippen LogP contribution in [0.2, 0.25) is 0 Å². The number of nitrogens with zero attached hydrogens (tertiary/aromatic N) is 1. The van der Waals surface area contributed by atoms with Gasteiger partial charge in [-0.05, 0) is 6.54 Å². The van der Waals surface area contributed by atoms with Crippen LogP contribution in [0.15, 0.2) is 12.5 Å². The van der Waals surface area contributed by atoms with Crippen LogP contribution in [-0.2, 0) is 16.0 Å². The second-order valence-electron chi connectivity index (χ2n) is 3.84. The van der Waals surface area contributed by atoms with E-state index >= 15 is 0 Å². The van der Waals surface area contributed by atoms with Gasteiger partial charge in [-0.3, -0.25) is 4.79 Å². The zero-order chi connectivity index (χ0) is 13.4. The van der Waals surface area contributed by atoms with E-state index in [0.29, 0.717) is 12.2 Å². The Morgan fingerprint density at radius 1 is 1.56 bits per heavy atom. The number of hydrogen-bond donors (Lipinski definition) is 4. The molecule has 4 N–H and O–H groups in total. The van der Waals surface area contributed by atoms with Crippen LogP contribution < -0.4 is 10.6 Å². The molecule has 0 bridgehead atoms. The van der Waals surface area contributed by atoms with Gasteiger partial charge in [0.15, 0.2) is 0 Å². The second-order valence-corrected chi connectivity index (χ2v) is 3.84. The van der Waals surface area contributed by atoms with Crippen LogP contribution in [-0.4, -0.2) is 46.1 Å². The first kappa shape index (κ1) is 14.2. The van der Waals surface area contributed by atoms with Gasteiger partial charge in [0.25, 0.3) is 0 Å². The molecule has 0 aromatic carbocycles. The number of H-pyrrole nitrogens is 1. The van der Waals surface area contributed by atoms with Crippen LogP contribution >= 0.6 is 0 Å². The normalized spacial score (nSPS) is 12.1. The van der Waals surface area contributed by atoms with Crippen molar-refractivity contribution >= 4 is 11.9 Å². The van der Waals surface area contributed by atoms with E-state index in [4.69, 9.17) is 5.11 Å². The van der Waals surface area contributed by atoms with Gasteiger partial charge >= 0.3 is 5.97 Å². The van der Waals surface area contributed by atoms with Crippen molar-refractivity contribution in [2.75, 3.05) is 13.1 Å². The van der Waals surface area contributed by atoms with Gasteiger partial charge in [0.05, 0.1) is 6.33 Å². The van der Waals surface area contributed by atoms with Gasteiger partial charge in [-0.15, -0.1) is 0 Å². The van der Waals surface area contributed by atoms with E-state index in [2.05, 4.69) is 20.6 Å². The molecule has 18 heavy (non-hydrogen) atoms. The molecule has 0 saturated carbocycles. The first-order chi connectivity index (χ1) is 8.63. The van der Waals surface area contributed by atoms with Gasteiger partial charge in [-0.25, -0.2) is 9.78 Å². The molecule has 0 aliphatic rings. The predicted molar refractivity (Wildman–Crippen MR) is 65.0 cm³/mol. The molecule has 0 saturated heterocycles.